The van der Waals surface area contributed by atoms with Crippen molar-refractivity contribution in [3.63, 3.8) is 0 Å². The van der Waals surface area contributed by atoms with Crippen LogP contribution in [0.3, 0.4) is 0 Å². The third-order valence-corrected chi connectivity index (χ3v) is 4.75. The molecule has 1 aromatic carbocycles. The van der Waals surface area contributed by atoms with Gasteiger partial charge in [-0.05, 0) is 56.0 Å². The molecule has 0 aliphatic heterocycles. The van der Waals surface area contributed by atoms with Crippen molar-refractivity contribution in [2.75, 3.05) is 12.0 Å². The summed E-state index contributed by atoms with van der Waals surface area (Å²) in [4.78, 5) is 18.8. The average Bonchev–Trinajstić information content (AvgIpc) is 3.30. The van der Waals surface area contributed by atoms with Crippen LogP contribution < -0.4 is 9.64 Å². The van der Waals surface area contributed by atoms with E-state index in [0.717, 1.165) is 17.1 Å². The maximum absolute atomic E-state index is 12.8. The van der Waals surface area contributed by atoms with Gasteiger partial charge in [-0.2, -0.15) is 0 Å². The molecule has 0 radical (unpaired) electrons. The third-order valence-electron chi connectivity index (χ3n) is 4.15. The van der Waals surface area contributed by atoms with Gasteiger partial charge in [0.05, 0.1) is 18.3 Å². The van der Waals surface area contributed by atoms with Crippen LogP contribution in [0.25, 0.3) is 6.08 Å². The van der Waals surface area contributed by atoms with Gasteiger partial charge in [0, 0.05) is 23.2 Å². The highest BCUT2D eigenvalue weighted by Gasteiger charge is 2.34. The molecule has 4 nitrogen and oxygen atoms in total. The Labute approximate surface area is 140 Å². The summed E-state index contributed by atoms with van der Waals surface area (Å²) in [5, 5.41) is 1.92. The van der Waals surface area contributed by atoms with E-state index in [-0.39, 0.29) is 11.9 Å². The molecule has 1 heterocycles. The topological polar surface area (TPSA) is 42.4 Å². The SMILES string of the molecule is COc1ccc(N(C(=O)/C=C/c2cscn2)[C@@H](C)C2CC2)cc1. The van der Waals surface area contributed by atoms with Crippen LogP contribution in [0, 0.1) is 5.92 Å². The Balaban J connectivity index is 1.83. The Kier molecular flexibility index (Phi) is 4.76. The van der Waals surface area contributed by atoms with Crippen LogP contribution in [0.5, 0.6) is 5.75 Å². The van der Waals surface area contributed by atoms with Gasteiger partial charge in [-0.15, -0.1) is 11.3 Å². The molecule has 23 heavy (non-hydrogen) atoms. The van der Waals surface area contributed by atoms with Crippen molar-refractivity contribution < 1.29 is 9.53 Å². The van der Waals surface area contributed by atoms with E-state index >= 15 is 0 Å². The number of methoxy groups -OCH3 is 1. The number of hydrogen-bond donors (Lipinski definition) is 0. The first-order valence-electron chi connectivity index (χ1n) is 7.72. The molecule has 120 valence electrons. The van der Waals surface area contributed by atoms with Crippen LogP contribution in [-0.2, 0) is 4.79 Å². The lowest BCUT2D eigenvalue weighted by Crippen LogP contribution is -2.39. The van der Waals surface area contributed by atoms with E-state index < -0.39 is 0 Å². The molecule has 1 aromatic heterocycles. The fourth-order valence-electron chi connectivity index (χ4n) is 2.64. The second-order valence-electron chi connectivity index (χ2n) is 5.73. The quantitative estimate of drug-likeness (QED) is 0.753. The highest BCUT2D eigenvalue weighted by atomic mass is 32.1. The van der Waals surface area contributed by atoms with Gasteiger partial charge in [0.15, 0.2) is 0 Å². The molecular formula is C18H20N2O2S. The number of nitrogens with zero attached hydrogens (tertiary/aromatic N) is 2. The number of carbonyl (C=O) groups is 1. The monoisotopic (exact) mass is 328 g/mol. The first-order valence-corrected chi connectivity index (χ1v) is 8.67. The van der Waals surface area contributed by atoms with Crippen LogP contribution in [0.2, 0.25) is 0 Å². The molecule has 0 N–H and O–H groups in total. The Morgan fingerprint density at radius 1 is 1.39 bits per heavy atom. The van der Waals surface area contributed by atoms with Crippen molar-refractivity contribution in [2.24, 2.45) is 5.92 Å². The molecular weight excluding hydrogens is 308 g/mol. The minimum absolute atomic E-state index is 0.0115. The molecule has 2 aromatic rings. The summed E-state index contributed by atoms with van der Waals surface area (Å²) in [5.74, 6) is 1.37. The molecule has 1 atom stereocenters. The minimum Gasteiger partial charge on any atom is -0.497 e. The van der Waals surface area contributed by atoms with E-state index in [1.54, 1.807) is 24.8 Å². The van der Waals surface area contributed by atoms with E-state index in [1.807, 2.05) is 34.5 Å². The van der Waals surface area contributed by atoms with Crippen molar-refractivity contribution in [3.8, 4) is 5.75 Å². The molecule has 3 rings (SSSR count). The smallest absolute Gasteiger partial charge is 0.251 e. The molecule has 1 fully saturated rings. The molecule has 0 spiro atoms. The number of carbonyl (C=O) groups excluding carboxylic acids is 1. The number of thiazole rings is 1. The van der Waals surface area contributed by atoms with Crippen LogP contribution in [-0.4, -0.2) is 24.0 Å². The number of amides is 1. The highest BCUT2D eigenvalue weighted by Crippen LogP contribution is 2.37. The fourth-order valence-corrected chi connectivity index (χ4v) is 3.16. The van der Waals surface area contributed by atoms with Crippen molar-refractivity contribution in [1.29, 1.82) is 0 Å². The first kappa shape index (κ1) is 15.7. The molecule has 5 heteroatoms. The Bertz CT molecular complexity index is 676. The summed E-state index contributed by atoms with van der Waals surface area (Å²) in [6, 6.07) is 7.84. The second-order valence-corrected chi connectivity index (χ2v) is 6.45. The summed E-state index contributed by atoms with van der Waals surface area (Å²) in [6.07, 6.45) is 5.76. The summed E-state index contributed by atoms with van der Waals surface area (Å²) >= 11 is 1.52. The lowest BCUT2D eigenvalue weighted by Gasteiger charge is -2.28. The highest BCUT2D eigenvalue weighted by molar-refractivity contribution is 7.07. The molecule has 0 bridgehead atoms. The van der Waals surface area contributed by atoms with E-state index in [1.165, 1.54) is 24.2 Å². The van der Waals surface area contributed by atoms with Gasteiger partial charge in [-0.3, -0.25) is 4.79 Å². The molecule has 0 saturated heterocycles. The lowest BCUT2D eigenvalue weighted by atomic mass is 10.1. The maximum Gasteiger partial charge on any atom is 0.251 e. The summed E-state index contributed by atoms with van der Waals surface area (Å²) in [6.45, 7) is 2.12. The van der Waals surface area contributed by atoms with Crippen molar-refractivity contribution >= 4 is 29.0 Å². The standard InChI is InChI=1S/C18H20N2O2S/c1-13(14-3-4-14)20(16-6-8-17(22-2)9-7-16)18(21)10-5-15-11-23-12-19-15/h5-14H,3-4H2,1-2H3/b10-5+/t13-/m0/s1. The number of ether oxygens (including phenoxy) is 1. The van der Waals surface area contributed by atoms with Gasteiger partial charge in [0.2, 0.25) is 0 Å². The van der Waals surface area contributed by atoms with Gasteiger partial charge in [-0.25, -0.2) is 4.98 Å². The molecule has 1 amide bonds. The average molecular weight is 328 g/mol. The van der Waals surface area contributed by atoms with Gasteiger partial charge >= 0.3 is 0 Å². The zero-order valence-electron chi connectivity index (χ0n) is 13.3. The van der Waals surface area contributed by atoms with E-state index in [9.17, 15) is 4.79 Å². The van der Waals surface area contributed by atoms with E-state index in [2.05, 4.69) is 11.9 Å². The number of benzene rings is 1. The summed E-state index contributed by atoms with van der Waals surface area (Å²) in [7, 11) is 1.64. The fraction of sp³-hybridized carbons (Fsp3) is 0.333. The van der Waals surface area contributed by atoms with Crippen LogP contribution in [0.1, 0.15) is 25.5 Å². The number of rotatable bonds is 6. The van der Waals surface area contributed by atoms with Crippen LogP contribution >= 0.6 is 11.3 Å². The Morgan fingerprint density at radius 2 is 2.13 bits per heavy atom. The van der Waals surface area contributed by atoms with Crippen molar-refractivity contribution in [3.05, 3.63) is 46.9 Å². The molecule has 0 unspecified atom stereocenters. The Morgan fingerprint density at radius 3 is 2.70 bits per heavy atom. The number of aromatic nitrogens is 1. The van der Waals surface area contributed by atoms with Gasteiger partial charge < -0.3 is 9.64 Å². The predicted octanol–water partition coefficient (Wildman–Crippen LogP) is 4.00. The zero-order chi connectivity index (χ0) is 16.2. The molecule has 1 aliphatic carbocycles. The Hall–Kier alpha value is -2.14. The van der Waals surface area contributed by atoms with Gasteiger partial charge in [0.25, 0.3) is 5.91 Å². The minimum atomic E-state index is -0.0115. The van der Waals surface area contributed by atoms with Gasteiger partial charge in [0.1, 0.15) is 5.75 Å². The molecule has 1 aliphatic rings. The number of hydrogen-bond acceptors (Lipinski definition) is 4. The van der Waals surface area contributed by atoms with E-state index in [4.69, 9.17) is 4.74 Å². The maximum atomic E-state index is 12.8. The second kappa shape index (κ2) is 6.96. The van der Waals surface area contributed by atoms with Gasteiger partial charge in [-0.1, -0.05) is 0 Å². The van der Waals surface area contributed by atoms with E-state index in [0.29, 0.717) is 5.92 Å². The predicted molar refractivity (Wildman–Crippen MR) is 93.8 cm³/mol. The third kappa shape index (κ3) is 3.79. The summed E-state index contributed by atoms with van der Waals surface area (Å²) in [5.41, 5.74) is 3.48. The largest absolute Gasteiger partial charge is 0.497 e. The normalized spacial score (nSPS) is 15.6. The lowest BCUT2D eigenvalue weighted by molar-refractivity contribution is -0.114. The van der Waals surface area contributed by atoms with Crippen molar-refractivity contribution in [1.82, 2.24) is 4.98 Å². The van der Waals surface area contributed by atoms with Crippen LogP contribution in [0.4, 0.5) is 5.69 Å². The molecule has 1 saturated carbocycles. The van der Waals surface area contributed by atoms with Crippen molar-refractivity contribution in [2.45, 2.75) is 25.8 Å². The number of anilines is 1. The first-order chi connectivity index (χ1) is 11.2. The summed E-state index contributed by atoms with van der Waals surface area (Å²) < 4.78 is 5.20. The zero-order valence-corrected chi connectivity index (χ0v) is 14.1. The van der Waals surface area contributed by atoms with Crippen LogP contribution in [0.15, 0.2) is 41.2 Å².